The zero-order valence-corrected chi connectivity index (χ0v) is 12.6. The van der Waals surface area contributed by atoms with Gasteiger partial charge in [0.25, 0.3) is 0 Å². The highest BCUT2D eigenvalue weighted by Gasteiger charge is 2.40. The monoisotopic (exact) mass is 282 g/mol. The molecule has 0 bridgehead atoms. The summed E-state index contributed by atoms with van der Waals surface area (Å²) in [6.45, 7) is 5.36. The van der Waals surface area contributed by atoms with Crippen LogP contribution in [0.3, 0.4) is 0 Å². The van der Waals surface area contributed by atoms with E-state index in [1.54, 1.807) is 0 Å². The molecule has 0 spiro atoms. The molecule has 0 aromatic heterocycles. The van der Waals surface area contributed by atoms with E-state index in [9.17, 15) is 4.39 Å². The van der Waals surface area contributed by atoms with E-state index in [0.29, 0.717) is 0 Å². The van der Waals surface area contributed by atoms with Crippen LogP contribution in [0.2, 0.25) is 0 Å². The van der Waals surface area contributed by atoms with E-state index in [-0.39, 0.29) is 17.4 Å². The van der Waals surface area contributed by atoms with Gasteiger partial charge >= 0.3 is 0 Å². The molecule has 2 heteroatoms. The fourth-order valence-electron chi connectivity index (χ4n) is 3.33. The second kappa shape index (κ2) is 5.61. The number of benzene rings is 2. The summed E-state index contributed by atoms with van der Waals surface area (Å²) in [6.07, 6.45) is 2.09. The first-order valence-corrected chi connectivity index (χ1v) is 7.54. The van der Waals surface area contributed by atoms with Gasteiger partial charge in [-0.1, -0.05) is 42.5 Å². The molecule has 2 aromatic carbocycles. The lowest BCUT2D eigenvalue weighted by molar-refractivity contribution is 0.118. The van der Waals surface area contributed by atoms with Gasteiger partial charge in [0.05, 0.1) is 0 Å². The molecule has 21 heavy (non-hydrogen) atoms. The van der Waals surface area contributed by atoms with E-state index < -0.39 is 0 Å². The first-order chi connectivity index (χ1) is 10.1. The molecule has 1 aliphatic rings. The molecule has 2 aromatic rings. The lowest BCUT2D eigenvalue weighted by Gasteiger charge is -2.36. The van der Waals surface area contributed by atoms with E-state index in [1.165, 1.54) is 11.6 Å². The molecule has 0 N–H and O–H groups in total. The van der Waals surface area contributed by atoms with Crippen LogP contribution in [0.25, 0.3) is 0 Å². The second-order valence-corrected chi connectivity index (χ2v) is 6.43. The zero-order valence-electron chi connectivity index (χ0n) is 12.6. The van der Waals surface area contributed by atoms with Gasteiger partial charge in [-0.3, -0.25) is 4.90 Å². The van der Waals surface area contributed by atoms with Crippen molar-refractivity contribution >= 4 is 0 Å². The third-order valence-electron chi connectivity index (χ3n) is 4.58. The molecule has 1 radical (unpaired) electrons. The molecule has 3 rings (SSSR count). The Morgan fingerprint density at radius 3 is 2.71 bits per heavy atom. The van der Waals surface area contributed by atoms with Crippen LogP contribution >= 0.6 is 0 Å². The summed E-state index contributed by atoms with van der Waals surface area (Å²) in [5, 5.41) is 0. The van der Waals surface area contributed by atoms with Crippen molar-refractivity contribution in [3.05, 3.63) is 71.5 Å². The van der Waals surface area contributed by atoms with Crippen LogP contribution in [0.15, 0.2) is 48.5 Å². The van der Waals surface area contributed by atoms with Crippen LogP contribution in [-0.2, 0) is 6.54 Å². The predicted molar refractivity (Wildman–Crippen MR) is 83.3 cm³/mol. The van der Waals surface area contributed by atoms with Crippen molar-refractivity contribution in [2.45, 2.75) is 44.8 Å². The van der Waals surface area contributed by atoms with Crippen molar-refractivity contribution in [1.29, 1.82) is 0 Å². The third-order valence-corrected chi connectivity index (χ3v) is 4.58. The number of rotatable bonds is 3. The van der Waals surface area contributed by atoms with Gasteiger partial charge in [0.2, 0.25) is 0 Å². The van der Waals surface area contributed by atoms with Crippen molar-refractivity contribution in [2.75, 3.05) is 0 Å². The fraction of sp³-hybridized carbons (Fsp3) is 0.368. The van der Waals surface area contributed by atoms with Crippen molar-refractivity contribution in [1.82, 2.24) is 4.90 Å². The van der Waals surface area contributed by atoms with Crippen molar-refractivity contribution in [2.24, 2.45) is 0 Å². The van der Waals surface area contributed by atoms with E-state index in [0.717, 1.165) is 24.9 Å². The second-order valence-electron chi connectivity index (χ2n) is 6.43. The number of nitrogens with zero attached hydrogens (tertiary/aromatic N) is 1. The molecule has 1 unspecified atom stereocenters. The van der Waals surface area contributed by atoms with E-state index in [2.05, 4.69) is 49.1 Å². The molecule has 1 aliphatic heterocycles. The minimum atomic E-state index is -0.140. The fourth-order valence-corrected chi connectivity index (χ4v) is 3.33. The van der Waals surface area contributed by atoms with Crippen LogP contribution in [-0.4, -0.2) is 10.4 Å². The molecule has 1 saturated heterocycles. The van der Waals surface area contributed by atoms with Crippen LogP contribution in [0.5, 0.6) is 0 Å². The Morgan fingerprint density at radius 2 is 2.00 bits per heavy atom. The summed E-state index contributed by atoms with van der Waals surface area (Å²) in [4.78, 5) is 2.43. The predicted octanol–water partition coefficient (Wildman–Crippen LogP) is 4.74. The Hall–Kier alpha value is -1.67. The lowest BCUT2D eigenvalue weighted by Crippen LogP contribution is -2.39. The summed E-state index contributed by atoms with van der Waals surface area (Å²) in [7, 11) is 0. The molecule has 0 aliphatic carbocycles. The maximum atomic E-state index is 14.1. The average Bonchev–Trinajstić information content (AvgIpc) is 2.76. The first kappa shape index (κ1) is 14.3. The van der Waals surface area contributed by atoms with E-state index >= 15 is 0 Å². The topological polar surface area (TPSA) is 3.24 Å². The van der Waals surface area contributed by atoms with Gasteiger partial charge in [0, 0.05) is 23.7 Å². The standard InChI is InChI=1S/C19H21FN/c1-19(2)13-12-18(16-10-6-7-11-17(16)20)21(19)14-15-8-4-3-5-9-15/h3-6,8-11,18H,12-14H2,1-2H3. The lowest BCUT2D eigenvalue weighted by atomic mass is 10.0. The summed E-state index contributed by atoms with van der Waals surface area (Å²) in [6, 6.07) is 18.5. The molecule has 109 valence electrons. The smallest absolute Gasteiger partial charge is 0.128 e. The normalized spacial score (nSPS) is 21.6. The molecule has 1 nitrogen and oxygen atoms in total. The summed E-state index contributed by atoms with van der Waals surface area (Å²) >= 11 is 0. The van der Waals surface area contributed by atoms with Gasteiger partial charge in [-0.05, 0) is 44.4 Å². The Kier molecular flexibility index (Phi) is 3.81. The molecular formula is C19H21FN. The van der Waals surface area contributed by atoms with E-state index in [4.69, 9.17) is 0 Å². The number of hydrogen-bond acceptors (Lipinski definition) is 1. The molecule has 1 heterocycles. The highest BCUT2D eigenvalue weighted by molar-refractivity contribution is 5.24. The van der Waals surface area contributed by atoms with Gasteiger partial charge in [-0.15, -0.1) is 0 Å². The van der Waals surface area contributed by atoms with Crippen LogP contribution in [0.4, 0.5) is 4.39 Å². The Labute approximate surface area is 126 Å². The quantitative estimate of drug-likeness (QED) is 0.786. The van der Waals surface area contributed by atoms with Crippen LogP contribution in [0, 0.1) is 11.9 Å². The van der Waals surface area contributed by atoms with Crippen LogP contribution in [0.1, 0.15) is 43.9 Å². The van der Waals surface area contributed by atoms with Crippen molar-refractivity contribution < 1.29 is 4.39 Å². The van der Waals surface area contributed by atoms with Gasteiger partial charge in [0.15, 0.2) is 0 Å². The highest BCUT2D eigenvalue weighted by atomic mass is 19.1. The van der Waals surface area contributed by atoms with Crippen molar-refractivity contribution in [3.8, 4) is 0 Å². The Balaban J connectivity index is 1.92. The molecular weight excluding hydrogens is 261 g/mol. The van der Waals surface area contributed by atoms with Gasteiger partial charge in [0.1, 0.15) is 5.82 Å². The number of hydrogen-bond donors (Lipinski definition) is 0. The minimum absolute atomic E-state index is 0.0898. The summed E-state index contributed by atoms with van der Waals surface area (Å²) < 4.78 is 14.1. The number of likely N-dealkylation sites (tertiary alicyclic amines) is 1. The number of halogens is 1. The highest BCUT2D eigenvalue weighted by Crippen LogP contribution is 2.43. The van der Waals surface area contributed by atoms with Crippen molar-refractivity contribution in [3.63, 3.8) is 0 Å². The van der Waals surface area contributed by atoms with Gasteiger partial charge in [-0.25, -0.2) is 4.39 Å². The SMILES string of the molecule is CC1(C)CCC(c2cc[c]cc2F)N1Cc1ccccc1. The zero-order chi connectivity index (χ0) is 14.9. The summed E-state index contributed by atoms with van der Waals surface area (Å²) in [5.41, 5.74) is 2.17. The molecule has 0 saturated carbocycles. The van der Waals surface area contributed by atoms with E-state index in [1.807, 2.05) is 18.2 Å². The Morgan fingerprint density at radius 1 is 1.24 bits per heavy atom. The first-order valence-electron chi connectivity index (χ1n) is 7.54. The maximum Gasteiger partial charge on any atom is 0.128 e. The minimum Gasteiger partial charge on any atom is -0.287 e. The average molecular weight is 282 g/mol. The van der Waals surface area contributed by atoms with Gasteiger partial charge < -0.3 is 0 Å². The van der Waals surface area contributed by atoms with Gasteiger partial charge in [-0.2, -0.15) is 0 Å². The molecule has 1 atom stereocenters. The Bertz CT molecular complexity index is 606. The van der Waals surface area contributed by atoms with Crippen LogP contribution < -0.4 is 0 Å². The maximum absolute atomic E-state index is 14.1. The third kappa shape index (κ3) is 2.86. The molecule has 1 fully saturated rings. The largest absolute Gasteiger partial charge is 0.287 e. The molecule has 0 amide bonds. The summed E-state index contributed by atoms with van der Waals surface area (Å²) in [5.74, 6) is -0.140.